The molecule has 0 aliphatic rings. The van der Waals surface area contributed by atoms with Gasteiger partial charge in [0.2, 0.25) is 0 Å². The normalized spacial score (nSPS) is 9.71. The molecule has 0 aromatic heterocycles. The van der Waals surface area contributed by atoms with Gasteiger partial charge in [0.05, 0.1) is 18.3 Å². The highest BCUT2D eigenvalue weighted by Crippen LogP contribution is 2.30. The fraction of sp³-hybridized carbons (Fsp3) is 0.0714. The van der Waals surface area contributed by atoms with Gasteiger partial charge in [-0.05, 0) is 23.3 Å². The van der Waals surface area contributed by atoms with Crippen LogP contribution < -0.4 is 10.1 Å². The van der Waals surface area contributed by atoms with E-state index in [-0.39, 0.29) is 0 Å². The molecule has 0 bridgehead atoms. The van der Waals surface area contributed by atoms with Crippen LogP contribution in [-0.2, 0) is 0 Å². The number of hydrogen-bond acceptors (Lipinski definition) is 2. The van der Waals surface area contributed by atoms with Gasteiger partial charge in [-0.15, -0.1) is 0 Å². The molecule has 0 saturated heterocycles. The molecule has 1 N–H and O–H groups in total. The van der Waals surface area contributed by atoms with Crippen molar-refractivity contribution in [2.24, 2.45) is 0 Å². The third-order valence-corrected chi connectivity index (χ3v) is 2.64. The van der Waals surface area contributed by atoms with Gasteiger partial charge in [0, 0.05) is 0 Å². The quantitative estimate of drug-likeness (QED) is 0.827. The van der Waals surface area contributed by atoms with Crippen LogP contribution in [0.4, 0.5) is 5.69 Å². The molecular formula is C14H13NOS. The molecule has 3 heteroatoms. The minimum Gasteiger partial charge on any atom is -0.495 e. The molecule has 0 saturated carbocycles. The first-order chi connectivity index (χ1) is 8.35. The van der Waals surface area contributed by atoms with Crippen molar-refractivity contribution in [2.45, 2.75) is 0 Å². The molecule has 2 rings (SSSR count). The molecule has 0 radical (unpaired) electrons. The summed E-state index contributed by atoms with van der Waals surface area (Å²) in [6, 6.07) is 16.2. The summed E-state index contributed by atoms with van der Waals surface area (Å²) in [5.41, 5.74) is 4.66. The van der Waals surface area contributed by atoms with Crippen LogP contribution in [0.2, 0.25) is 0 Å². The summed E-state index contributed by atoms with van der Waals surface area (Å²) in [5, 5.41) is 3.00. The average Bonchev–Trinajstić information content (AvgIpc) is 2.40. The topological polar surface area (TPSA) is 21.3 Å². The maximum Gasteiger partial charge on any atom is 0.142 e. The van der Waals surface area contributed by atoms with Gasteiger partial charge >= 0.3 is 0 Å². The molecule has 2 aromatic carbocycles. The van der Waals surface area contributed by atoms with Crippen molar-refractivity contribution >= 4 is 23.4 Å². The molecular weight excluding hydrogens is 230 g/mol. The molecule has 0 aliphatic carbocycles. The lowest BCUT2D eigenvalue weighted by Crippen LogP contribution is -1.96. The van der Waals surface area contributed by atoms with E-state index >= 15 is 0 Å². The Balaban J connectivity index is 2.43. The second-order valence-corrected chi connectivity index (χ2v) is 3.78. The molecule has 2 nitrogen and oxygen atoms in total. The number of thiocarbonyl (C=S) groups is 1. The predicted octanol–water partition coefficient (Wildman–Crippen LogP) is 3.73. The number of nitrogens with one attached hydrogen (secondary N) is 1. The first-order valence-corrected chi connectivity index (χ1v) is 5.76. The Morgan fingerprint density at radius 1 is 1.06 bits per heavy atom. The Kier molecular flexibility index (Phi) is 3.73. The second kappa shape index (κ2) is 5.46. The lowest BCUT2D eigenvalue weighted by Gasteiger charge is -2.10. The lowest BCUT2D eigenvalue weighted by molar-refractivity contribution is 0.417. The van der Waals surface area contributed by atoms with Crippen molar-refractivity contribution in [3.63, 3.8) is 0 Å². The average molecular weight is 243 g/mol. The van der Waals surface area contributed by atoms with Crippen molar-refractivity contribution in [1.82, 2.24) is 0 Å². The van der Waals surface area contributed by atoms with Crippen LogP contribution in [0.25, 0.3) is 11.1 Å². The van der Waals surface area contributed by atoms with Gasteiger partial charge in [0.25, 0.3) is 0 Å². The molecule has 86 valence electrons. The highest BCUT2D eigenvalue weighted by Gasteiger charge is 2.04. The molecule has 0 unspecified atom stereocenters. The van der Waals surface area contributed by atoms with E-state index in [1.165, 1.54) is 11.1 Å². The standard InChI is InChI=1S/C14H13NOS/c1-16-14-8-7-12(9-13(14)15-10-17)11-5-3-2-4-6-11/h2-10H,1H3,(H,15,17). The molecule has 2 aromatic rings. The molecule has 0 atom stereocenters. The van der Waals surface area contributed by atoms with Gasteiger partial charge < -0.3 is 10.1 Å². The van der Waals surface area contributed by atoms with E-state index in [1.807, 2.05) is 36.4 Å². The summed E-state index contributed by atoms with van der Waals surface area (Å²) in [4.78, 5) is 0. The SMILES string of the molecule is COc1ccc(-c2ccccc2)cc1NC=S. The monoisotopic (exact) mass is 243 g/mol. The van der Waals surface area contributed by atoms with Crippen LogP contribution in [0, 0.1) is 0 Å². The Hall–Kier alpha value is -1.87. The van der Waals surface area contributed by atoms with E-state index in [9.17, 15) is 0 Å². The smallest absolute Gasteiger partial charge is 0.142 e. The van der Waals surface area contributed by atoms with Crippen LogP contribution in [-0.4, -0.2) is 12.6 Å². The fourth-order valence-corrected chi connectivity index (χ4v) is 1.82. The zero-order valence-electron chi connectivity index (χ0n) is 9.51. The highest BCUT2D eigenvalue weighted by atomic mass is 32.1. The van der Waals surface area contributed by atoms with Crippen LogP contribution >= 0.6 is 12.2 Å². The van der Waals surface area contributed by atoms with Crippen molar-refractivity contribution in [3.8, 4) is 16.9 Å². The summed E-state index contributed by atoms with van der Waals surface area (Å²) in [6.45, 7) is 0. The Labute approximate surface area is 106 Å². The van der Waals surface area contributed by atoms with Crippen molar-refractivity contribution < 1.29 is 4.74 Å². The Bertz CT molecular complexity index is 511. The first-order valence-electron chi connectivity index (χ1n) is 5.29. The number of rotatable bonds is 4. The summed E-state index contributed by atoms with van der Waals surface area (Å²) < 4.78 is 5.26. The third kappa shape index (κ3) is 2.63. The van der Waals surface area contributed by atoms with Gasteiger partial charge in [-0.25, -0.2) is 0 Å². The van der Waals surface area contributed by atoms with Gasteiger partial charge in [-0.3, -0.25) is 0 Å². The summed E-state index contributed by atoms with van der Waals surface area (Å²) in [7, 11) is 1.64. The minimum absolute atomic E-state index is 0.783. The van der Waals surface area contributed by atoms with Crippen LogP contribution in [0.5, 0.6) is 5.75 Å². The Morgan fingerprint density at radius 2 is 1.82 bits per heavy atom. The van der Waals surface area contributed by atoms with E-state index in [2.05, 4.69) is 17.4 Å². The van der Waals surface area contributed by atoms with Crippen molar-refractivity contribution in [2.75, 3.05) is 12.4 Å². The maximum absolute atomic E-state index is 5.26. The number of anilines is 1. The van der Waals surface area contributed by atoms with Crippen molar-refractivity contribution in [3.05, 3.63) is 48.5 Å². The molecule has 0 amide bonds. The largest absolute Gasteiger partial charge is 0.495 e. The summed E-state index contributed by atoms with van der Waals surface area (Å²) in [6.07, 6.45) is 0. The van der Waals surface area contributed by atoms with E-state index in [0.29, 0.717) is 0 Å². The molecule has 0 fully saturated rings. The third-order valence-electron chi connectivity index (χ3n) is 2.52. The fourth-order valence-electron chi connectivity index (χ4n) is 1.69. The van der Waals surface area contributed by atoms with Gasteiger partial charge in [0.15, 0.2) is 0 Å². The predicted molar refractivity (Wildman–Crippen MR) is 75.7 cm³/mol. The van der Waals surface area contributed by atoms with Gasteiger partial charge in [-0.1, -0.05) is 48.6 Å². The molecule has 0 aliphatic heterocycles. The number of benzene rings is 2. The van der Waals surface area contributed by atoms with E-state index in [4.69, 9.17) is 17.0 Å². The first kappa shape index (κ1) is 11.6. The van der Waals surface area contributed by atoms with Crippen LogP contribution in [0.1, 0.15) is 0 Å². The minimum atomic E-state index is 0.783. The molecule has 0 spiro atoms. The summed E-state index contributed by atoms with van der Waals surface area (Å²) in [5.74, 6) is 0.783. The zero-order chi connectivity index (χ0) is 12.1. The highest BCUT2D eigenvalue weighted by molar-refractivity contribution is 7.79. The number of hydrogen-bond donors (Lipinski definition) is 1. The second-order valence-electron chi connectivity index (χ2n) is 3.54. The Morgan fingerprint density at radius 3 is 2.47 bits per heavy atom. The van der Waals surface area contributed by atoms with E-state index in [0.717, 1.165) is 17.0 Å². The van der Waals surface area contributed by atoms with Gasteiger partial charge in [0.1, 0.15) is 5.75 Å². The molecule has 17 heavy (non-hydrogen) atoms. The number of ether oxygens (including phenoxy) is 1. The number of methoxy groups -OCH3 is 1. The maximum atomic E-state index is 5.26. The van der Waals surface area contributed by atoms with Crippen molar-refractivity contribution in [1.29, 1.82) is 0 Å². The van der Waals surface area contributed by atoms with Crippen LogP contribution in [0.3, 0.4) is 0 Å². The molecule has 0 heterocycles. The van der Waals surface area contributed by atoms with E-state index in [1.54, 1.807) is 7.11 Å². The lowest BCUT2D eigenvalue weighted by atomic mass is 10.0. The zero-order valence-corrected chi connectivity index (χ0v) is 10.3. The van der Waals surface area contributed by atoms with E-state index < -0.39 is 0 Å². The van der Waals surface area contributed by atoms with Crippen LogP contribution in [0.15, 0.2) is 48.5 Å². The summed E-state index contributed by atoms with van der Waals surface area (Å²) >= 11 is 4.81. The van der Waals surface area contributed by atoms with Gasteiger partial charge in [-0.2, -0.15) is 0 Å².